The molecule has 24 nitrogen and oxygen atoms in total. The van der Waals surface area contributed by atoms with Crippen molar-refractivity contribution in [3.05, 3.63) is 149 Å². The van der Waals surface area contributed by atoms with Crippen LogP contribution in [0.15, 0.2) is 121 Å². The summed E-state index contributed by atoms with van der Waals surface area (Å²) in [6.07, 6.45) is 2.64. The number of hydrogen-bond acceptors (Lipinski definition) is 14. The standard InChI is InChI=1S/C61H70N10O14/c1-6-15-36-16-10-11-17-37(36)25-28-46(73)66-49(35(4)72)57(80)64-34(3)55(78)68-48(54(62)77)33(2)59(82)71-32-47(74)67-51(53(76)38-18-8-7-9-19-38)61(84)70-29-14-22-45(70)56(79)69-50(52(75)39-23-26-41(85-5)27-24-39)58(81)65-44(60(71)83)30-40-31-63-43-21-13-12-20-42(40)43/h6-13,15-21,23-28,31,33-35,44-45,48-53,63,72,75-76H,14,22,29-30,32H2,1-5H3,(H2,62,77)(H,64,80)(H,65,81)(H,66,73)(H,67,74)(H,68,78)(H,69,79)/b15-6-,28-25+/t33-,34-,35+,44+,45-,48-,49-,50-,51-,52-,53-/m0/s1. The molecule has 85 heavy (non-hydrogen) atoms. The van der Waals surface area contributed by atoms with Crippen molar-refractivity contribution in [3.8, 4) is 5.75 Å². The van der Waals surface area contributed by atoms with E-state index in [-0.39, 0.29) is 30.5 Å². The number of allylic oxidation sites excluding steroid dienone is 1. The number of ether oxygens (including phenoxy) is 1. The van der Waals surface area contributed by atoms with Gasteiger partial charge in [0.05, 0.1) is 19.1 Å². The molecule has 0 saturated carbocycles. The smallest absolute Gasteiger partial charge is 0.252 e. The molecule has 0 spiro atoms. The van der Waals surface area contributed by atoms with Gasteiger partial charge in [-0.15, -0.1) is 0 Å². The van der Waals surface area contributed by atoms with Gasteiger partial charge >= 0.3 is 0 Å². The Balaban J connectivity index is 1.23. The van der Waals surface area contributed by atoms with Gasteiger partial charge in [0.2, 0.25) is 53.2 Å². The lowest BCUT2D eigenvalue weighted by molar-refractivity contribution is -0.154. The Labute approximate surface area is 489 Å². The molecule has 0 unspecified atom stereocenters. The highest BCUT2D eigenvalue weighted by Gasteiger charge is 2.46. The molecule has 0 bridgehead atoms. The summed E-state index contributed by atoms with van der Waals surface area (Å²) in [7, 11) is 1.42. The molecule has 2 aliphatic rings. The summed E-state index contributed by atoms with van der Waals surface area (Å²) >= 11 is 0. The Morgan fingerprint density at radius 2 is 1.35 bits per heavy atom. The van der Waals surface area contributed by atoms with Gasteiger partial charge in [0.1, 0.15) is 66.8 Å². The van der Waals surface area contributed by atoms with Gasteiger partial charge in [-0.05, 0) is 85.7 Å². The van der Waals surface area contributed by atoms with Crippen molar-refractivity contribution in [2.45, 2.75) is 108 Å². The number of methoxy groups -OCH3 is 1. The molecule has 11 atom stereocenters. The number of hydrogen-bond donors (Lipinski definition) is 11. The lowest BCUT2D eigenvalue weighted by atomic mass is 9.97. The van der Waals surface area contributed by atoms with Crippen LogP contribution in [0.2, 0.25) is 0 Å². The number of imide groups is 1. The molecule has 1 aromatic heterocycles. The van der Waals surface area contributed by atoms with E-state index in [1.54, 1.807) is 60.8 Å². The van der Waals surface area contributed by atoms with Crippen molar-refractivity contribution < 1.29 is 68.0 Å². The molecule has 5 aromatic rings. The number of aliphatic hydroxyl groups excluding tert-OH is 3. The topological polar surface area (TPSA) is 361 Å². The highest BCUT2D eigenvalue weighted by Crippen LogP contribution is 2.28. The minimum absolute atomic E-state index is 0.0543. The molecule has 10 amide bonds. The molecular weight excluding hydrogens is 1100 g/mol. The van der Waals surface area contributed by atoms with Crippen LogP contribution in [0.5, 0.6) is 5.75 Å². The fraction of sp³-hybridized carbons (Fsp3) is 0.344. The monoisotopic (exact) mass is 1170 g/mol. The summed E-state index contributed by atoms with van der Waals surface area (Å²) in [6, 6.07) is 15.6. The number of primary amides is 1. The minimum Gasteiger partial charge on any atom is -0.497 e. The molecule has 7 rings (SSSR count). The first kappa shape index (κ1) is 63.1. The van der Waals surface area contributed by atoms with Crippen LogP contribution >= 0.6 is 0 Å². The van der Waals surface area contributed by atoms with Gasteiger partial charge in [-0.25, -0.2) is 0 Å². The summed E-state index contributed by atoms with van der Waals surface area (Å²) in [5, 5.41) is 49.9. The van der Waals surface area contributed by atoms with Crippen LogP contribution in [0.4, 0.5) is 0 Å². The normalized spacial score (nSPS) is 20.5. The lowest BCUT2D eigenvalue weighted by Gasteiger charge is -2.32. The second-order valence-electron chi connectivity index (χ2n) is 20.8. The van der Waals surface area contributed by atoms with Crippen molar-refractivity contribution >= 4 is 82.1 Å². The number of carbonyl (C=O) groups excluding carboxylic acids is 10. The first-order valence-electron chi connectivity index (χ1n) is 27.6. The Bertz CT molecular complexity index is 3350. The van der Waals surface area contributed by atoms with Gasteiger partial charge in [0, 0.05) is 36.1 Å². The van der Waals surface area contributed by atoms with E-state index in [9.17, 15) is 53.7 Å². The van der Waals surface area contributed by atoms with Crippen LogP contribution in [-0.2, 0) is 54.4 Å². The van der Waals surface area contributed by atoms with Gasteiger partial charge in [0.25, 0.3) is 5.91 Å². The zero-order chi connectivity index (χ0) is 61.6. The minimum atomic E-state index is -2.00. The lowest BCUT2D eigenvalue weighted by Crippen LogP contribution is -2.62. The van der Waals surface area contributed by atoms with E-state index in [0.717, 1.165) is 23.5 Å². The van der Waals surface area contributed by atoms with Crippen molar-refractivity contribution in [1.82, 2.24) is 46.7 Å². The van der Waals surface area contributed by atoms with Crippen LogP contribution in [0.25, 0.3) is 23.1 Å². The maximum Gasteiger partial charge on any atom is 0.252 e. The van der Waals surface area contributed by atoms with E-state index < -0.39 is 139 Å². The summed E-state index contributed by atoms with van der Waals surface area (Å²) in [5.41, 5.74) is 8.61. The molecule has 24 heteroatoms. The number of fused-ring (bicyclic) bond motifs is 2. The number of H-pyrrole nitrogens is 1. The molecule has 2 fully saturated rings. The third-order valence-corrected chi connectivity index (χ3v) is 14.8. The van der Waals surface area contributed by atoms with E-state index in [1.165, 1.54) is 63.4 Å². The van der Waals surface area contributed by atoms with Crippen LogP contribution in [0.1, 0.15) is 80.6 Å². The summed E-state index contributed by atoms with van der Waals surface area (Å²) in [4.78, 5) is 148. The highest BCUT2D eigenvalue weighted by atomic mass is 16.5. The van der Waals surface area contributed by atoms with Crippen molar-refractivity contribution in [3.63, 3.8) is 0 Å². The fourth-order valence-corrected chi connectivity index (χ4v) is 10.2. The second-order valence-corrected chi connectivity index (χ2v) is 20.8. The van der Waals surface area contributed by atoms with E-state index >= 15 is 9.59 Å². The Morgan fingerprint density at radius 3 is 2.01 bits per heavy atom. The molecule has 2 aliphatic heterocycles. The maximum atomic E-state index is 15.5. The zero-order valence-corrected chi connectivity index (χ0v) is 47.4. The second kappa shape index (κ2) is 28.6. The van der Waals surface area contributed by atoms with Crippen LogP contribution in [-0.4, -0.2) is 158 Å². The molecule has 12 N–H and O–H groups in total. The molecule has 3 heterocycles. The average molecular weight is 1170 g/mol. The third kappa shape index (κ3) is 15.4. The first-order valence-corrected chi connectivity index (χ1v) is 27.6. The molecule has 448 valence electrons. The van der Waals surface area contributed by atoms with E-state index in [2.05, 4.69) is 36.9 Å². The van der Waals surface area contributed by atoms with Crippen LogP contribution < -0.4 is 42.4 Å². The van der Waals surface area contributed by atoms with Crippen molar-refractivity contribution in [2.24, 2.45) is 11.7 Å². The number of aromatic amines is 1. The highest BCUT2D eigenvalue weighted by molar-refractivity contribution is 6.06. The average Bonchev–Trinajstić information content (AvgIpc) is 4.33. The van der Waals surface area contributed by atoms with Gasteiger partial charge in [-0.3, -0.25) is 52.8 Å². The predicted molar refractivity (Wildman–Crippen MR) is 310 cm³/mol. The predicted octanol–water partition coefficient (Wildman–Crippen LogP) is 0.723. The Kier molecular flexibility index (Phi) is 21.3. The molecule has 4 aromatic carbocycles. The molecular formula is C61H70N10O14. The Morgan fingerprint density at radius 1 is 0.718 bits per heavy atom. The number of nitrogens with two attached hydrogens (primary N) is 1. The number of aromatic nitrogens is 1. The summed E-state index contributed by atoms with van der Waals surface area (Å²) < 4.78 is 5.28. The fourth-order valence-electron chi connectivity index (χ4n) is 10.2. The van der Waals surface area contributed by atoms with E-state index in [4.69, 9.17) is 10.5 Å². The number of rotatable bonds is 19. The SMILES string of the molecule is C/C=C\c1ccccc1/C=C/C(=O)N[C@H](C(=O)N[C@@H](C)C(=O)N[C@H](C(N)=O)[C@H](C)C(=O)N1CC(=O)N[C@@H]([C@@H](O)c2ccccc2)C(=O)N2CCC[C@H]2C(=O)N[C@@H]([C@@H](O)c2ccc(OC)cc2)C(=O)N[C@H](Cc2c[nH]c3ccccc23)C1=O)[C@@H](C)O. The van der Waals surface area contributed by atoms with Gasteiger partial charge < -0.3 is 67.6 Å². The molecule has 0 radical (unpaired) electrons. The van der Waals surface area contributed by atoms with E-state index in [1.807, 2.05) is 31.2 Å². The number of aliphatic hydroxyl groups is 3. The maximum absolute atomic E-state index is 15.5. The Hall–Kier alpha value is -9.52. The number of nitrogens with zero attached hydrogens (tertiary/aromatic N) is 2. The van der Waals surface area contributed by atoms with Gasteiger partial charge in [-0.2, -0.15) is 0 Å². The largest absolute Gasteiger partial charge is 0.497 e. The third-order valence-electron chi connectivity index (χ3n) is 14.8. The molecule has 2 saturated heterocycles. The number of nitrogens with one attached hydrogen (secondary N) is 7. The number of carbonyl (C=O) groups is 10. The van der Waals surface area contributed by atoms with E-state index in [0.29, 0.717) is 32.7 Å². The van der Waals surface area contributed by atoms with Crippen LogP contribution in [0, 0.1) is 5.92 Å². The van der Waals surface area contributed by atoms with Crippen molar-refractivity contribution in [2.75, 3.05) is 20.2 Å². The number of benzene rings is 4. The van der Waals surface area contributed by atoms with Crippen LogP contribution in [0.3, 0.4) is 0 Å². The zero-order valence-electron chi connectivity index (χ0n) is 47.4. The number of amides is 10. The summed E-state index contributed by atoms with van der Waals surface area (Å²) in [5.74, 6) is -12.5. The van der Waals surface area contributed by atoms with Crippen molar-refractivity contribution in [1.29, 1.82) is 0 Å². The molecule has 0 aliphatic carbocycles. The van der Waals surface area contributed by atoms with Gasteiger partial charge in [-0.1, -0.05) is 104 Å². The number of para-hydroxylation sites is 1. The first-order chi connectivity index (χ1) is 40.6. The van der Waals surface area contributed by atoms with Gasteiger partial charge in [0.15, 0.2) is 0 Å². The quantitative estimate of drug-likeness (QED) is 0.0508. The summed E-state index contributed by atoms with van der Waals surface area (Å²) in [6.45, 7) is 4.05.